The Morgan fingerprint density at radius 2 is 1.79 bits per heavy atom. The average Bonchev–Trinajstić information content (AvgIpc) is 3.19. The first-order valence-corrected chi connectivity index (χ1v) is 12.0. The lowest BCUT2D eigenvalue weighted by atomic mass is 10.2. The minimum atomic E-state index is -0.0736. The van der Waals surface area contributed by atoms with Gasteiger partial charge in [0.05, 0.1) is 11.3 Å². The Hall–Kier alpha value is -3.16. The van der Waals surface area contributed by atoms with Crippen LogP contribution in [0.25, 0.3) is 0 Å². The van der Waals surface area contributed by atoms with Crippen LogP contribution in [0.1, 0.15) is 39.4 Å². The van der Waals surface area contributed by atoms with Crippen LogP contribution in [-0.2, 0) is 13.2 Å². The van der Waals surface area contributed by atoms with Crippen molar-refractivity contribution in [3.8, 4) is 5.75 Å². The molecule has 0 saturated carbocycles. The summed E-state index contributed by atoms with van der Waals surface area (Å²) in [4.78, 5) is 17.6. The molecule has 0 radical (unpaired) electrons. The van der Waals surface area contributed by atoms with Gasteiger partial charge in [-0.1, -0.05) is 41.6 Å². The zero-order valence-electron chi connectivity index (χ0n) is 20.1. The molecule has 1 N–H and O–H groups in total. The first-order valence-electron chi connectivity index (χ1n) is 12.0. The van der Waals surface area contributed by atoms with E-state index in [4.69, 9.17) is 9.26 Å². The van der Waals surface area contributed by atoms with E-state index in [0.29, 0.717) is 24.5 Å². The van der Waals surface area contributed by atoms with Gasteiger partial charge in [0.15, 0.2) is 0 Å². The molecule has 0 bridgehead atoms. The molecule has 1 aliphatic rings. The number of amides is 1. The fraction of sp³-hybridized carbons (Fsp3) is 0.407. The number of nitrogens with one attached hydrogen (secondary N) is 1. The van der Waals surface area contributed by atoms with Gasteiger partial charge in [0.1, 0.15) is 18.1 Å². The lowest BCUT2D eigenvalue weighted by Crippen LogP contribution is -2.46. The highest BCUT2D eigenvalue weighted by atomic mass is 16.5. The van der Waals surface area contributed by atoms with Crippen molar-refractivity contribution in [3.63, 3.8) is 0 Å². The summed E-state index contributed by atoms with van der Waals surface area (Å²) >= 11 is 0. The van der Waals surface area contributed by atoms with Crippen molar-refractivity contribution in [2.45, 2.75) is 33.4 Å². The van der Waals surface area contributed by atoms with Gasteiger partial charge < -0.3 is 19.5 Å². The fourth-order valence-corrected chi connectivity index (χ4v) is 4.21. The maximum Gasteiger partial charge on any atom is 0.251 e. The molecule has 0 aliphatic carbocycles. The maximum absolute atomic E-state index is 12.6. The molecule has 0 spiro atoms. The van der Waals surface area contributed by atoms with Crippen LogP contribution in [0.2, 0.25) is 0 Å². The molecule has 0 atom stereocenters. The van der Waals surface area contributed by atoms with Crippen LogP contribution < -0.4 is 10.1 Å². The minimum Gasteiger partial charge on any atom is -0.489 e. The second-order valence-corrected chi connectivity index (χ2v) is 8.83. The molecule has 2 aromatic carbocycles. The molecule has 3 aromatic rings. The third-order valence-corrected chi connectivity index (χ3v) is 6.31. The van der Waals surface area contributed by atoms with E-state index in [-0.39, 0.29) is 5.91 Å². The van der Waals surface area contributed by atoms with Gasteiger partial charge in [-0.3, -0.25) is 9.69 Å². The molecule has 180 valence electrons. The number of benzene rings is 2. The smallest absolute Gasteiger partial charge is 0.251 e. The number of aryl methyl sites for hydroxylation is 2. The number of ether oxygens (including phenoxy) is 1. The van der Waals surface area contributed by atoms with Crippen molar-refractivity contribution in [2.24, 2.45) is 0 Å². The Morgan fingerprint density at radius 3 is 2.53 bits per heavy atom. The molecule has 34 heavy (non-hydrogen) atoms. The number of carbonyl (C=O) groups excluding carboxylic acids is 1. The molecular formula is C27H34N4O3. The highest BCUT2D eigenvalue weighted by Gasteiger charge is 2.17. The van der Waals surface area contributed by atoms with Crippen molar-refractivity contribution >= 4 is 5.91 Å². The van der Waals surface area contributed by atoms with Gasteiger partial charge in [0, 0.05) is 44.8 Å². The summed E-state index contributed by atoms with van der Waals surface area (Å²) in [5, 5.41) is 6.98. The predicted octanol–water partition coefficient (Wildman–Crippen LogP) is 3.81. The number of carbonyl (C=O) groups is 1. The number of hydrogen-bond acceptors (Lipinski definition) is 6. The maximum atomic E-state index is 12.6. The van der Waals surface area contributed by atoms with E-state index in [0.717, 1.165) is 62.7 Å². The van der Waals surface area contributed by atoms with E-state index in [1.165, 1.54) is 5.56 Å². The monoisotopic (exact) mass is 462 g/mol. The van der Waals surface area contributed by atoms with E-state index in [1.54, 1.807) is 6.07 Å². The molecule has 1 amide bonds. The summed E-state index contributed by atoms with van der Waals surface area (Å²) in [6.45, 7) is 11.1. The van der Waals surface area contributed by atoms with Crippen LogP contribution in [0.5, 0.6) is 5.75 Å². The minimum absolute atomic E-state index is 0.0736. The largest absolute Gasteiger partial charge is 0.489 e. The van der Waals surface area contributed by atoms with Gasteiger partial charge in [0.2, 0.25) is 0 Å². The van der Waals surface area contributed by atoms with E-state index in [9.17, 15) is 4.79 Å². The summed E-state index contributed by atoms with van der Waals surface area (Å²) in [5.74, 6) is 1.33. The fourth-order valence-electron chi connectivity index (χ4n) is 4.21. The van der Waals surface area contributed by atoms with Crippen LogP contribution in [-0.4, -0.2) is 60.1 Å². The van der Waals surface area contributed by atoms with Crippen molar-refractivity contribution in [2.75, 3.05) is 39.3 Å². The predicted molar refractivity (Wildman–Crippen MR) is 132 cm³/mol. The number of nitrogens with zero attached hydrogens (tertiary/aromatic N) is 3. The Morgan fingerprint density at radius 1 is 1.03 bits per heavy atom. The zero-order chi connectivity index (χ0) is 23.8. The number of rotatable bonds is 10. The summed E-state index contributed by atoms with van der Waals surface area (Å²) < 4.78 is 11.0. The summed E-state index contributed by atoms with van der Waals surface area (Å²) in [5.41, 5.74) is 3.74. The molecule has 1 saturated heterocycles. The second-order valence-electron chi connectivity index (χ2n) is 8.83. The molecule has 4 rings (SSSR count). The molecular weight excluding hydrogens is 428 g/mol. The lowest BCUT2D eigenvalue weighted by molar-refractivity contribution is 0.0946. The molecule has 1 aromatic heterocycles. The van der Waals surface area contributed by atoms with Gasteiger partial charge in [-0.15, -0.1) is 0 Å². The van der Waals surface area contributed by atoms with Gasteiger partial charge in [-0.2, -0.15) is 0 Å². The zero-order valence-corrected chi connectivity index (χ0v) is 20.1. The molecule has 7 nitrogen and oxygen atoms in total. The topological polar surface area (TPSA) is 70.8 Å². The number of hydrogen-bond donors (Lipinski definition) is 1. The molecule has 1 fully saturated rings. The first-order chi connectivity index (χ1) is 16.6. The standard InChI is InChI=1S/C27H34N4O3/c1-21-26(22(2)34-29-21)20-33-25-11-6-10-24(18-25)27(32)28-12-7-13-30-14-16-31(17-15-30)19-23-8-4-3-5-9-23/h3-6,8-11,18H,7,12-17,19-20H2,1-2H3,(H,28,32). The average molecular weight is 463 g/mol. The number of aromatic nitrogens is 1. The number of piperazine rings is 1. The SMILES string of the molecule is Cc1noc(C)c1COc1cccc(C(=O)NCCCN2CCN(Cc3ccccc3)CC2)c1. The van der Waals surface area contributed by atoms with Gasteiger partial charge in [-0.05, 0) is 50.6 Å². The Balaban J connectivity index is 1.14. The van der Waals surface area contributed by atoms with Gasteiger partial charge >= 0.3 is 0 Å². The Labute approximate surface area is 201 Å². The van der Waals surface area contributed by atoms with E-state index < -0.39 is 0 Å². The third-order valence-electron chi connectivity index (χ3n) is 6.31. The second kappa shape index (κ2) is 11.8. The molecule has 2 heterocycles. The van der Waals surface area contributed by atoms with Crippen LogP contribution in [0.3, 0.4) is 0 Å². The van der Waals surface area contributed by atoms with E-state index in [2.05, 4.69) is 50.6 Å². The van der Waals surface area contributed by atoms with Gasteiger partial charge in [-0.25, -0.2) is 0 Å². The summed E-state index contributed by atoms with van der Waals surface area (Å²) in [6, 6.07) is 17.9. The van der Waals surface area contributed by atoms with Crippen LogP contribution in [0, 0.1) is 13.8 Å². The third kappa shape index (κ3) is 6.68. The van der Waals surface area contributed by atoms with E-state index >= 15 is 0 Å². The normalized spacial score (nSPS) is 14.8. The van der Waals surface area contributed by atoms with Crippen LogP contribution in [0.4, 0.5) is 0 Å². The van der Waals surface area contributed by atoms with Crippen LogP contribution in [0.15, 0.2) is 59.1 Å². The quantitative estimate of drug-likeness (QED) is 0.462. The van der Waals surface area contributed by atoms with Crippen molar-refractivity contribution in [1.29, 1.82) is 0 Å². The van der Waals surface area contributed by atoms with Gasteiger partial charge in [0.25, 0.3) is 5.91 Å². The van der Waals surface area contributed by atoms with Crippen LogP contribution >= 0.6 is 0 Å². The Bertz CT molecular complexity index is 1040. The van der Waals surface area contributed by atoms with Crippen molar-refractivity contribution < 1.29 is 14.1 Å². The lowest BCUT2D eigenvalue weighted by Gasteiger charge is -2.34. The first kappa shape index (κ1) is 24.0. The summed E-state index contributed by atoms with van der Waals surface area (Å²) in [7, 11) is 0. The molecule has 1 aliphatic heterocycles. The molecule has 0 unspecified atom stereocenters. The summed E-state index contributed by atoms with van der Waals surface area (Å²) in [6.07, 6.45) is 0.937. The van der Waals surface area contributed by atoms with Crippen molar-refractivity contribution in [1.82, 2.24) is 20.3 Å². The Kier molecular flexibility index (Phi) is 8.33. The van der Waals surface area contributed by atoms with Crippen molar-refractivity contribution in [3.05, 3.63) is 82.7 Å². The highest BCUT2D eigenvalue weighted by Crippen LogP contribution is 2.18. The highest BCUT2D eigenvalue weighted by molar-refractivity contribution is 5.94. The van der Waals surface area contributed by atoms with E-state index in [1.807, 2.05) is 32.0 Å². The molecule has 7 heteroatoms.